The lowest BCUT2D eigenvalue weighted by molar-refractivity contribution is 0.528. The van der Waals surface area contributed by atoms with Crippen LogP contribution in [0.25, 0.3) is 0 Å². The van der Waals surface area contributed by atoms with Gasteiger partial charge in [0.15, 0.2) is 0 Å². The van der Waals surface area contributed by atoms with Crippen LogP contribution in [0.4, 0.5) is 0 Å². The Balaban J connectivity index is 2.41. The molecule has 0 aliphatic carbocycles. The Labute approximate surface area is 79.6 Å². The van der Waals surface area contributed by atoms with E-state index >= 15 is 0 Å². The Bertz CT molecular complexity index is 243. The normalized spacial score (nSPS) is 12.8. The van der Waals surface area contributed by atoms with Crippen molar-refractivity contribution in [3.8, 4) is 0 Å². The molecule has 0 aliphatic heterocycles. The van der Waals surface area contributed by atoms with Gasteiger partial charge in [-0.05, 0) is 20.3 Å². The number of hydrogen-bond donors (Lipinski definition) is 1. The zero-order valence-corrected chi connectivity index (χ0v) is 8.54. The summed E-state index contributed by atoms with van der Waals surface area (Å²) in [5.41, 5.74) is 1.97. The van der Waals surface area contributed by atoms with Crippen LogP contribution in [-0.2, 0) is 6.54 Å². The maximum atomic E-state index is 4.26. The topological polar surface area (TPSA) is 37.8 Å². The van der Waals surface area contributed by atoms with Crippen LogP contribution < -0.4 is 5.32 Å². The minimum atomic E-state index is 0.545. The summed E-state index contributed by atoms with van der Waals surface area (Å²) >= 11 is 0. The van der Waals surface area contributed by atoms with Crippen LogP contribution in [0.2, 0.25) is 0 Å². The standard InChI is InChI=1S/C10H17N3/c1-4-8(2)11-6-10-7-12-9(3)5-13-10/h5,7-8,11H,4,6H2,1-3H3. The van der Waals surface area contributed by atoms with Gasteiger partial charge in [0.25, 0.3) is 0 Å². The molecule has 0 bridgehead atoms. The van der Waals surface area contributed by atoms with E-state index in [0.717, 1.165) is 24.4 Å². The number of nitrogens with zero attached hydrogens (tertiary/aromatic N) is 2. The molecular formula is C10H17N3. The van der Waals surface area contributed by atoms with Gasteiger partial charge in [-0.3, -0.25) is 9.97 Å². The number of aromatic nitrogens is 2. The van der Waals surface area contributed by atoms with Crippen molar-refractivity contribution in [1.82, 2.24) is 15.3 Å². The average Bonchev–Trinajstić information content (AvgIpc) is 2.16. The van der Waals surface area contributed by atoms with Gasteiger partial charge in [-0.15, -0.1) is 0 Å². The molecule has 1 aromatic rings. The minimum Gasteiger partial charge on any atom is -0.309 e. The highest BCUT2D eigenvalue weighted by atomic mass is 14.9. The number of aryl methyl sites for hydroxylation is 1. The zero-order chi connectivity index (χ0) is 9.68. The highest BCUT2D eigenvalue weighted by Crippen LogP contribution is 1.95. The fourth-order valence-corrected chi connectivity index (χ4v) is 0.934. The number of nitrogens with one attached hydrogen (secondary N) is 1. The molecule has 0 fully saturated rings. The molecule has 0 saturated carbocycles. The molecular weight excluding hydrogens is 162 g/mol. The maximum Gasteiger partial charge on any atom is 0.0724 e. The fraction of sp³-hybridized carbons (Fsp3) is 0.600. The van der Waals surface area contributed by atoms with E-state index < -0.39 is 0 Å². The SMILES string of the molecule is CCC(C)NCc1cnc(C)cn1. The highest BCUT2D eigenvalue weighted by molar-refractivity contribution is 5.00. The van der Waals surface area contributed by atoms with Gasteiger partial charge in [-0.2, -0.15) is 0 Å². The van der Waals surface area contributed by atoms with E-state index in [-0.39, 0.29) is 0 Å². The van der Waals surface area contributed by atoms with Gasteiger partial charge in [-0.25, -0.2) is 0 Å². The van der Waals surface area contributed by atoms with E-state index in [1.165, 1.54) is 0 Å². The molecule has 3 nitrogen and oxygen atoms in total. The molecule has 1 heterocycles. The van der Waals surface area contributed by atoms with Crippen molar-refractivity contribution in [1.29, 1.82) is 0 Å². The molecule has 0 saturated heterocycles. The first-order valence-electron chi connectivity index (χ1n) is 4.73. The molecule has 0 amide bonds. The molecule has 3 heteroatoms. The Morgan fingerprint density at radius 2 is 2.15 bits per heavy atom. The summed E-state index contributed by atoms with van der Waals surface area (Å²) in [5.74, 6) is 0. The quantitative estimate of drug-likeness (QED) is 0.764. The van der Waals surface area contributed by atoms with Crippen molar-refractivity contribution in [2.45, 2.75) is 39.8 Å². The predicted molar refractivity (Wildman–Crippen MR) is 53.4 cm³/mol. The lowest BCUT2D eigenvalue weighted by atomic mass is 10.2. The molecule has 1 aromatic heterocycles. The van der Waals surface area contributed by atoms with Crippen LogP contribution >= 0.6 is 0 Å². The van der Waals surface area contributed by atoms with Gasteiger partial charge in [0, 0.05) is 25.0 Å². The molecule has 1 N–H and O–H groups in total. The smallest absolute Gasteiger partial charge is 0.0724 e. The van der Waals surface area contributed by atoms with Gasteiger partial charge in [-0.1, -0.05) is 6.92 Å². The lowest BCUT2D eigenvalue weighted by Crippen LogP contribution is -2.24. The second-order valence-electron chi connectivity index (χ2n) is 3.34. The van der Waals surface area contributed by atoms with Crippen molar-refractivity contribution >= 4 is 0 Å². The summed E-state index contributed by atoms with van der Waals surface area (Å²) in [7, 11) is 0. The molecule has 0 spiro atoms. The van der Waals surface area contributed by atoms with Gasteiger partial charge in [0.1, 0.15) is 0 Å². The van der Waals surface area contributed by atoms with E-state index in [4.69, 9.17) is 0 Å². The third-order valence-corrected chi connectivity index (χ3v) is 2.08. The summed E-state index contributed by atoms with van der Waals surface area (Å²) < 4.78 is 0. The summed E-state index contributed by atoms with van der Waals surface area (Å²) in [6, 6.07) is 0.545. The lowest BCUT2D eigenvalue weighted by Gasteiger charge is -2.09. The van der Waals surface area contributed by atoms with Gasteiger partial charge < -0.3 is 5.32 Å². The third-order valence-electron chi connectivity index (χ3n) is 2.08. The van der Waals surface area contributed by atoms with E-state index in [0.29, 0.717) is 6.04 Å². The average molecular weight is 179 g/mol. The Hall–Kier alpha value is -0.960. The Kier molecular flexibility index (Phi) is 3.83. The first kappa shape index (κ1) is 10.1. The van der Waals surface area contributed by atoms with Crippen LogP contribution in [0.5, 0.6) is 0 Å². The molecule has 1 atom stereocenters. The maximum absolute atomic E-state index is 4.26. The van der Waals surface area contributed by atoms with Crippen LogP contribution in [0.15, 0.2) is 12.4 Å². The van der Waals surface area contributed by atoms with Crippen molar-refractivity contribution < 1.29 is 0 Å². The van der Waals surface area contributed by atoms with E-state index in [1.54, 1.807) is 6.20 Å². The number of rotatable bonds is 4. The minimum absolute atomic E-state index is 0.545. The van der Waals surface area contributed by atoms with Gasteiger partial charge in [0.2, 0.25) is 0 Å². The van der Waals surface area contributed by atoms with Crippen molar-refractivity contribution in [2.75, 3.05) is 0 Å². The molecule has 1 rings (SSSR count). The number of hydrogen-bond acceptors (Lipinski definition) is 3. The highest BCUT2D eigenvalue weighted by Gasteiger charge is 1.98. The first-order chi connectivity index (χ1) is 6.22. The van der Waals surface area contributed by atoms with E-state index in [2.05, 4.69) is 29.1 Å². The monoisotopic (exact) mass is 179 g/mol. The van der Waals surface area contributed by atoms with Crippen LogP contribution in [0.3, 0.4) is 0 Å². The summed E-state index contributed by atoms with van der Waals surface area (Å²) in [4.78, 5) is 8.44. The van der Waals surface area contributed by atoms with Crippen molar-refractivity contribution in [3.63, 3.8) is 0 Å². The van der Waals surface area contributed by atoms with Crippen molar-refractivity contribution in [3.05, 3.63) is 23.8 Å². The second-order valence-corrected chi connectivity index (χ2v) is 3.34. The van der Waals surface area contributed by atoms with Crippen LogP contribution in [0, 0.1) is 6.92 Å². The zero-order valence-electron chi connectivity index (χ0n) is 8.54. The molecule has 0 radical (unpaired) electrons. The Morgan fingerprint density at radius 1 is 1.38 bits per heavy atom. The molecule has 0 aromatic carbocycles. The first-order valence-corrected chi connectivity index (χ1v) is 4.73. The summed E-state index contributed by atoms with van der Waals surface area (Å²) in [5, 5.41) is 3.37. The largest absolute Gasteiger partial charge is 0.309 e. The molecule has 0 aliphatic rings. The second kappa shape index (κ2) is 4.92. The van der Waals surface area contributed by atoms with Crippen LogP contribution in [-0.4, -0.2) is 16.0 Å². The predicted octanol–water partition coefficient (Wildman–Crippen LogP) is 1.67. The van der Waals surface area contributed by atoms with Gasteiger partial charge in [0.05, 0.1) is 11.4 Å². The Morgan fingerprint density at radius 3 is 2.69 bits per heavy atom. The van der Waals surface area contributed by atoms with Crippen molar-refractivity contribution in [2.24, 2.45) is 0 Å². The van der Waals surface area contributed by atoms with Gasteiger partial charge >= 0.3 is 0 Å². The molecule has 1 unspecified atom stereocenters. The summed E-state index contributed by atoms with van der Waals surface area (Å²) in [6.45, 7) is 7.08. The molecule has 72 valence electrons. The fourth-order valence-electron chi connectivity index (χ4n) is 0.934. The van der Waals surface area contributed by atoms with Crippen LogP contribution in [0.1, 0.15) is 31.7 Å². The molecule has 13 heavy (non-hydrogen) atoms. The van der Waals surface area contributed by atoms with E-state index in [1.807, 2.05) is 13.1 Å². The van der Waals surface area contributed by atoms with E-state index in [9.17, 15) is 0 Å². The summed E-state index contributed by atoms with van der Waals surface area (Å²) in [6.07, 6.45) is 4.76. The third kappa shape index (κ3) is 3.51.